The van der Waals surface area contributed by atoms with E-state index in [1.165, 1.54) is 0 Å². The summed E-state index contributed by atoms with van der Waals surface area (Å²) in [6, 6.07) is 14.7. The number of nitrogens with zero attached hydrogens (tertiary/aromatic N) is 3. The second-order valence-electron chi connectivity index (χ2n) is 8.37. The fraction of sp³-hybridized carbons (Fsp3) is 0.375. The Morgan fingerprint density at radius 2 is 1.84 bits per heavy atom. The van der Waals surface area contributed by atoms with Gasteiger partial charge in [0.05, 0.1) is 18.5 Å². The number of para-hydroxylation sites is 2. The number of ether oxygens (including phenoxy) is 1. The molecule has 2 fully saturated rings. The van der Waals surface area contributed by atoms with Crippen LogP contribution in [0.4, 0.5) is 5.69 Å². The van der Waals surface area contributed by atoms with Crippen molar-refractivity contribution in [3.05, 3.63) is 59.1 Å². The highest BCUT2D eigenvalue weighted by Crippen LogP contribution is 2.31. The number of carbonyl (C=O) groups excluding carboxylic acids is 2. The molecule has 5 rings (SSSR count). The van der Waals surface area contributed by atoms with Crippen LogP contribution in [0.3, 0.4) is 0 Å². The Bertz CT molecular complexity index is 1220. The van der Waals surface area contributed by atoms with Gasteiger partial charge in [-0.15, -0.1) is 0 Å². The lowest BCUT2D eigenvalue weighted by molar-refractivity contribution is -0.137. The first kappa shape index (κ1) is 20.4. The zero-order valence-electron chi connectivity index (χ0n) is 17.9. The third kappa shape index (κ3) is 3.55. The largest absolute Gasteiger partial charge is 0.497 e. The molecule has 2 aromatic carbocycles. The average Bonchev–Trinajstić information content (AvgIpc) is 3.38. The van der Waals surface area contributed by atoms with E-state index in [0.29, 0.717) is 43.8 Å². The van der Waals surface area contributed by atoms with Gasteiger partial charge < -0.3 is 19.0 Å². The Hall–Kier alpha value is -3.55. The van der Waals surface area contributed by atoms with Crippen LogP contribution in [0, 0.1) is 5.92 Å². The van der Waals surface area contributed by atoms with Crippen LogP contribution >= 0.6 is 0 Å². The molecule has 1 unspecified atom stereocenters. The van der Waals surface area contributed by atoms with Crippen molar-refractivity contribution < 1.29 is 18.7 Å². The summed E-state index contributed by atoms with van der Waals surface area (Å²) in [6.07, 6.45) is 1.56. The number of piperidine rings is 1. The van der Waals surface area contributed by atoms with Gasteiger partial charge in [0, 0.05) is 43.9 Å². The van der Waals surface area contributed by atoms with Gasteiger partial charge in [-0.25, -0.2) is 4.79 Å². The van der Waals surface area contributed by atoms with Gasteiger partial charge in [-0.2, -0.15) is 0 Å². The number of likely N-dealkylation sites (tertiary alicyclic amines) is 1. The molecule has 1 aromatic heterocycles. The van der Waals surface area contributed by atoms with Gasteiger partial charge in [-0.1, -0.05) is 18.2 Å². The molecule has 0 spiro atoms. The summed E-state index contributed by atoms with van der Waals surface area (Å²) in [4.78, 5) is 41.6. The molecule has 1 atom stereocenters. The van der Waals surface area contributed by atoms with Gasteiger partial charge in [0.1, 0.15) is 5.75 Å². The van der Waals surface area contributed by atoms with E-state index < -0.39 is 0 Å². The molecule has 0 N–H and O–H groups in total. The number of aromatic nitrogens is 1. The van der Waals surface area contributed by atoms with Crippen LogP contribution in [-0.4, -0.2) is 48.0 Å². The molecule has 2 aliphatic heterocycles. The van der Waals surface area contributed by atoms with Gasteiger partial charge in [-0.3, -0.25) is 14.2 Å². The molecule has 8 heteroatoms. The van der Waals surface area contributed by atoms with E-state index >= 15 is 0 Å². The molecule has 0 aliphatic carbocycles. The van der Waals surface area contributed by atoms with Gasteiger partial charge in [-0.05, 0) is 37.1 Å². The molecule has 2 amide bonds. The van der Waals surface area contributed by atoms with Crippen LogP contribution in [-0.2, 0) is 9.59 Å². The van der Waals surface area contributed by atoms with E-state index in [2.05, 4.69) is 0 Å². The van der Waals surface area contributed by atoms with Crippen molar-refractivity contribution in [3.63, 3.8) is 0 Å². The molecule has 32 heavy (non-hydrogen) atoms. The smallest absolute Gasteiger partial charge is 0.420 e. The molecular formula is C24H25N3O5. The lowest BCUT2D eigenvalue weighted by Gasteiger charge is -2.33. The maximum atomic E-state index is 13.2. The number of methoxy groups -OCH3 is 1. The van der Waals surface area contributed by atoms with Gasteiger partial charge in [0.15, 0.2) is 5.58 Å². The second-order valence-corrected chi connectivity index (χ2v) is 8.37. The SMILES string of the molecule is COc1cccc(N2CC(C(=O)N3CCC(n4c(=O)oc5ccccc54)CC3)CC2=O)c1. The summed E-state index contributed by atoms with van der Waals surface area (Å²) in [7, 11) is 1.58. The normalized spacial score (nSPS) is 19.7. The summed E-state index contributed by atoms with van der Waals surface area (Å²) in [5.41, 5.74) is 2.12. The van der Waals surface area contributed by atoms with Crippen molar-refractivity contribution in [1.29, 1.82) is 0 Å². The Morgan fingerprint density at radius 3 is 2.62 bits per heavy atom. The molecule has 0 radical (unpaired) electrons. The number of benzene rings is 2. The predicted molar refractivity (Wildman–Crippen MR) is 119 cm³/mol. The van der Waals surface area contributed by atoms with E-state index in [4.69, 9.17) is 9.15 Å². The zero-order chi connectivity index (χ0) is 22.2. The third-order valence-corrected chi connectivity index (χ3v) is 6.50. The highest BCUT2D eigenvalue weighted by molar-refractivity contribution is 6.00. The van der Waals surface area contributed by atoms with E-state index in [-0.39, 0.29) is 36.0 Å². The number of fused-ring (bicyclic) bond motifs is 1. The number of rotatable bonds is 4. The first-order chi connectivity index (χ1) is 15.5. The fourth-order valence-corrected chi connectivity index (χ4v) is 4.83. The quantitative estimate of drug-likeness (QED) is 0.629. The van der Waals surface area contributed by atoms with Crippen LogP contribution < -0.4 is 15.4 Å². The lowest BCUT2D eigenvalue weighted by atomic mass is 10.0. The van der Waals surface area contributed by atoms with Gasteiger partial charge in [0.2, 0.25) is 11.8 Å². The molecule has 8 nitrogen and oxygen atoms in total. The molecule has 0 bridgehead atoms. The Morgan fingerprint density at radius 1 is 1.06 bits per heavy atom. The molecule has 3 aromatic rings. The summed E-state index contributed by atoms with van der Waals surface area (Å²) < 4.78 is 12.3. The van der Waals surface area contributed by atoms with Crippen LogP contribution in [0.1, 0.15) is 25.3 Å². The Labute approximate surface area is 185 Å². The first-order valence-corrected chi connectivity index (χ1v) is 10.9. The van der Waals surface area contributed by atoms with Crippen molar-refractivity contribution in [2.24, 2.45) is 5.92 Å². The van der Waals surface area contributed by atoms with Crippen LogP contribution in [0.2, 0.25) is 0 Å². The molecule has 166 valence electrons. The van der Waals surface area contributed by atoms with Crippen molar-refractivity contribution in [3.8, 4) is 5.75 Å². The summed E-state index contributed by atoms with van der Waals surface area (Å²) in [5.74, 6) is -0.0855. The zero-order valence-corrected chi connectivity index (χ0v) is 17.9. The molecule has 3 heterocycles. The Kier molecular flexibility index (Phi) is 5.20. The number of hydrogen-bond acceptors (Lipinski definition) is 5. The fourth-order valence-electron chi connectivity index (χ4n) is 4.83. The molecular weight excluding hydrogens is 410 g/mol. The molecule has 2 saturated heterocycles. The number of anilines is 1. The van der Waals surface area contributed by atoms with Crippen molar-refractivity contribution in [2.45, 2.75) is 25.3 Å². The van der Waals surface area contributed by atoms with E-state index in [1.807, 2.05) is 47.4 Å². The third-order valence-electron chi connectivity index (χ3n) is 6.50. The highest BCUT2D eigenvalue weighted by Gasteiger charge is 2.38. The summed E-state index contributed by atoms with van der Waals surface area (Å²) in [6.45, 7) is 1.48. The number of oxazole rings is 1. The minimum atomic E-state index is -0.359. The molecule has 0 saturated carbocycles. The van der Waals surface area contributed by atoms with Gasteiger partial charge in [0.25, 0.3) is 0 Å². The van der Waals surface area contributed by atoms with E-state index in [9.17, 15) is 14.4 Å². The maximum absolute atomic E-state index is 13.2. The monoisotopic (exact) mass is 435 g/mol. The van der Waals surface area contributed by atoms with Gasteiger partial charge >= 0.3 is 5.76 Å². The Balaban J connectivity index is 1.25. The summed E-state index contributed by atoms with van der Waals surface area (Å²) in [5, 5.41) is 0. The number of hydrogen-bond donors (Lipinski definition) is 0. The van der Waals surface area contributed by atoms with Crippen molar-refractivity contribution in [2.75, 3.05) is 31.6 Å². The minimum Gasteiger partial charge on any atom is -0.497 e. The van der Waals surface area contributed by atoms with Crippen LogP contribution in [0.25, 0.3) is 11.1 Å². The first-order valence-electron chi connectivity index (χ1n) is 10.9. The van der Waals surface area contributed by atoms with Crippen molar-refractivity contribution in [1.82, 2.24) is 9.47 Å². The topological polar surface area (TPSA) is 85.0 Å². The number of carbonyl (C=O) groups is 2. The van der Waals surface area contributed by atoms with E-state index in [1.54, 1.807) is 22.6 Å². The van der Waals surface area contributed by atoms with Crippen LogP contribution in [0.5, 0.6) is 5.75 Å². The predicted octanol–water partition coefficient (Wildman–Crippen LogP) is 2.82. The average molecular weight is 435 g/mol. The highest BCUT2D eigenvalue weighted by atomic mass is 16.5. The minimum absolute atomic E-state index is 0.00584. The van der Waals surface area contributed by atoms with Crippen molar-refractivity contribution >= 4 is 28.6 Å². The standard InChI is InChI=1S/C24H25N3O5/c1-31-19-6-4-5-18(14-19)26-15-16(13-22(26)28)23(29)25-11-9-17(10-12-25)27-20-7-2-3-8-21(20)32-24(27)30/h2-8,14,16-17H,9-13,15H2,1H3. The van der Waals surface area contributed by atoms with E-state index in [0.717, 1.165) is 11.2 Å². The number of amides is 2. The van der Waals surface area contributed by atoms with Crippen LogP contribution in [0.15, 0.2) is 57.7 Å². The summed E-state index contributed by atoms with van der Waals surface area (Å²) >= 11 is 0. The molecule has 2 aliphatic rings. The second kappa shape index (κ2) is 8.18. The lowest BCUT2D eigenvalue weighted by Crippen LogP contribution is -2.43. The maximum Gasteiger partial charge on any atom is 0.420 e.